The fourth-order valence-corrected chi connectivity index (χ4v) is 0.820. The van der Waals surface area contributed by atoms with Crippen LogP contribution in [0, 0.1) is 0 Å². The number of rotatable bonds is 4. The van der Waals surface area contributed by atoms with Gasteiger partial charge in [0.05, 0.1) is 12.7 Å². The fraction of sp³-hybridized carbons (Fsp3) is 0.714. The van der Waals surface area contributed by atoms with Crippen LogP contribution >= 0.6 is 0 Å². The van der Waals surface area contributed by atoms with Gasteiger partial charge in [0.1, 0.15) is 0 Å². The Balaban J connectivity index is 2.14. The summed E-state index contributed by atoms with van der Waals surface area (Å²) in [7, 11) is 0. The lowest BCUT2D eigenvalue weighted by atomic mass is 10.4. The van der Waals surface area contributed by atoms with Crippen LogP contribution in [-0.2, 0) is 6.54 Å². The van der Waals surface area contributed by atoms with Crippen LogP contribution in [-0.4, -0.2) is 27.6 Å². The van der Waals surface area contributed by atoms with Gasteiger partial charge in [-0.3, -0.25) is 4.68 Å². The van der Waals surface area contributed by atoms with E-state index in [2.05, 4.69) is 29.5 Å². The molecule has 11 heavy (non-hydrogen) atoms. The van der Waals surface area contributed by atoms with Gasteiger partial charge in [0.25, 0.3) is 0 Å². The first-order valence-corrected chi connectivity index (χ1v) is 3.86. The van der Waals surface area contributed by atoms with E-state index in [0.29, 0.717) is 6.04 Å². The third-order valence-electron chi connectivity index (χ3n) is 1.37. The molecule has 1 rings (SSSR count). The fourth-order valence-electron chi connectivity index (χ4n) is 0.820. The molecule has 4 heteroatoms. The number of nitrogens with one attached hydrogen (secondary N) is 1. The molecule has 0 aliphatic heterocycles. The Kier molecular flexibility index (Phi) is 3.04. The van der Waals surface area contributed by atoms with Crippen molar-refractivity contribution in [3.05, 3.63) is 12.4 Å². The summed E-state index contributed by atoms with van der Waals surface area (Å²) in [6.45, 7) is 6.09. The standard InChI is InChI=1S/C7H14N4/c1-7(2)8-3-5-11-6-4-9-10-11/h4,6-8H,3,5H2,1-2H3. The molecular formula is C7H14N4. The van der Waals surface area contributed by atoms with Gasteiger partial charge >= 0.3 is 0 Å². The van der Waals surface area contributed by atoms with Gasteiger partial charge < -0.3 is 5.32 Å². The van der Waals surface area contributed by atoms with Crippen molar-refractivity contribution in [3.63, 3.8) is 0 Å². The Hall–Kier alpha value is -0.900. The predicted octanol–water partition coefficient (Wildman–Crippen LogP) is 0.276. The summed E-state index contributed by atoms with van der Waals surface area (Å²) in [6, 6.07) is 0.540. The zero-order valence-corrected chi connectivity index (χ0v) is 6.99. The van der Waals surface area contributed by atoms with Crippen LogP contribution in [0.4, 0.5) is 0 Å². The quantitative estimate of drug-likeness (QED) is 0.677. The van der Waals surface area contributed by atoms with Gasteiger partial charge in [0.15, 0.2) is 0 Å². The number of aromatic nitrogens is 3. The highest BCUT2D eigenvalue weighted by Crippen LogP contribution is 1.80. The molecule has 0 bridgehead atoms. The Labute approximate surface area is 66.6 Å². The zero-order valence-electron chi connectivity index (χ0n) is 6.99. The summed E-state index contributed by atoms with van der Waals surface area (Å²) in [5.41, 5.74) is 0. The van der Waals surface area contributed by atoms with Crippen molar-refractivity contribution < 1.29 is 0 Å². The number of hydrogen-bond acceptors (Lipinski definition) is 3. The second kappa shape index (κ2) is 4.08. The first-order chi connectivity index (χ1) is 5.29. The molecule has 0 aliphatic rings. The summed E-state index contributed by atoms with van der Waals surface area (Å²) >= 11 is 0. The lowest BCUT2D eigenvalue weighted by Gasteiger charge is -2.06. The largest absolute Gasteiger partial charge is 0.313 e. The van der Waals surface area contributed by atoms with Crippen molar-refractivity contribution in [3.8, 4) is 0 Å². The highest BCUT2D eigenvalue weighted by atomic mass is 15.4. The minimum Gasteiger partial charge on any atom is -0.313 e. The van der Waals surface area contributed by atoms with Gasteiger partial charge in [0.2, 0.25) is 0 Å². The molecule has 4 nitrogen and oxygen atoms in total. The summed E-state index contributed by atoms with van der Waals surface area (Å²) in [5, 5.41) is 10.8. The van der Waals surface area contributed by atoms with Crippen LogP contribution in [0.2, 0.25) is 0 Å². The van der Waals surface area contributed by atoms with Crippen LogP contribution in [0.25, 0.3) is 0 Å². The average Bonchev–Trinajstić information content (AvgIpc) is 2.39. The van der Waals surface area contributed by atoms with Crippen LogP contribution in [0.15, 0.2) is 12.4 Å². The van der Waals surface area contributed by atoms with Gasteiger partial charge in [-0.2, -0.15) is 0 Å². The van der Waals surface area contributed by atoms with Gasteiger partial charge in [-0.05, 0) is 0 Å². The van der Waals surface area contributed by atoms with E-state index in [1.807, 2.05) is 10.9 Å². The van der Waals surface area contributed by atoms with Crippen molar-refractivity contribution in [2.24, 2.45) is 0 Å². The van der Waals surface area contributed by atoms with Gasteiger partial charge in [-0.25, -0.2) is 0 Å². The average molecular weight is 154 g/mol. The third-order valence-corrected chi connectivity index (χ3v) is 1.37. The van der Waals surface area contributed by atoms with E-state index in [4.69, 9.17) is 0 Å². The molecule has 0 saturated heterocycles. The third kappa shape index (κ3) is 3.13. The van der Waals surface area contributed by atoms with E-state index in [0.717, 1.165) is 13.1 Å². The monoisotopic (exact) mass is 154 g/mol. The summed E-state index contributed by atoms with van der Waals surface area (Å²) in [5.74, 6) is 0. The minimum absolute atomic E-state index is 0.540. The van der Waals surface area contributed by atoms with Crippen molar-refractivity contribution in [2.45, 2.75) is 26.4 Å². The van der Waals surface area contributed by atoms with E-state index in [1.165, 1.54) is 0 Å². The van der Waals surface area contributed by atoms with Crippen LogP contribution in [0.5, 0.6) is 0 Å². The Morgan fingerprint density at radius 2 is 2.36 bits per heavy atom. The molecule has 0 spiro atoms. The van der Waals surface area contributed by atoms with E-state index in [-0.39, 0.29) is 0 Å². The maximum absolute atomic E-state index is 3.84. The second-order valence-electron chi connectivity index (χ2n) is 2.77. The van der Waals surface area contributed by atoms with Gasteiger partial charge in [-0.15, -0.1) is 5.10 Å². The molecule has 0 amide bonds. The van der Waals surface area contributed by atoms with E-state index < -0.39 is 0 Å². The first-order valence-electron chi connectivity index (χ1n) is 3.86. The van der Waals surface area contributed by atoms with Gasteiger partial charge in [-0.1, -0.05) is 19.1 Å². The summed E-state index contributed by atoms with van der Waals surface area (Å²) in [6.07, 6.45) is 3.55. The van der Waals surface area contributed by atoms with Crippen LogP contribution in [0.3, 0.4) is 0 Å². The van der Waals surface area contributed by atoms with Crippen LogP contribution < -0.4 is 5.32 Å². The molecule has 0 radical (unpaired) electrons. The van der Waals surface area contributed by atoms with Crippen LogP contribution in [0.1, 0.15) is 13.8 Å². The zero-order chi connectivity index (χ0) is 8.10. The molecule has 0 aromatic carbocycles. The van der Waals surface area contributed by atoms with E-state index in [1.54, 1.807) is 6.20 Å². The Morgan fingerprint density at radius 1 is 1.55 bits per heavy atom. The molecule has 1 aromatic rings. The highest BCUT2D eigenvalue weighted by molar-refractivity contribution is 4.64. The highest BCUT2D eigenvalue weighted by Gasteiger charge is 1.92. The lowest BCUT2D eigenvalue weighted by Crippen LogP contribution is -2.26. The molecule has 1 aromatic heterocycles. The Morgan fingerprint density at radius 3 is 2.91 bits per heavy atom. The van der Waals surface area contributed by atoms with Crippen molar-refractivity contribution in [2.75, 3.05) is 6.54 Å². The second-order valence-corrected chi connectivity index (χ2v) is 2.77. The maximum atomic E-state index is 3.84. The van der Waals surface area contributed by atoms with Crippen molar-refractivity contribution >= 4 is 0 Å². The summed E-state index contributed by atoms with van der Waals surface area (Å²) < 4.78 is 1.81. The predicted molar refractivity (Wildman–Crippen MR) is 43.2 cm³/mol. The SMILES string of the molecule is CC(C)NCCn1ccnn1. The number of hydrogen-bond donors (Lipinski definition) is 1. The molecule has 0 fully saturated rings. The smallest absolute Gasteiger partial charge is 0.0692 e. The van der Waals surface area contributed by atoms with E-state index in [9.17, 15) is 0 Å². The first kappa shape index (κ1) is 8.20. The molecule has 1 heterocycles. The van der Waals surface area contributed by atoms with Gasteiger partial charge in [0, 0.05) is 18.8 Å². The minimum atomic E-state index is 0.540. The van der Waals surface area contributed by atoms with Crippen molar-refractivity contribution in [1.29, 1.82) is 0 Å². The van der Waals surface area contributed by atoms with Crippen molar-refractivity contribution in [1.82, 2.24) is 20.3 Å². The molecule has 0 saturated carbocycles. The summed E-state index contributed by atoms with van der Waals surface area (Å²) in [4.78, 5) is 0. The molecule has 0 aliphatic carbocycles. The molecular weight excluding hydrogens is 140 g/mol. The molecule has 0 unspecified atom stereocenters. The molecule has 0 atom stereocenters. The maximum Gasteiger partial charge on any atom is 0.0692 e. The lowest BCUT2D eigenvalue weighted by molar-refractivity contribution is 0.506. The molecule has 62 valence electrons. The van der Waals surface area contributed by atoms with E-state index >= 15 is 0 Å². The molecule has 1 N–H and O–H groups in total. The number of nitrogens with zero attached hydrogens (tertiary/aromatic N) is 3. The normalized spacial score (nSPS) is 10.8. The topological polar surface area (TPSA) is 42.7 Å². The Bertz CT molecular complexity index is 180.